The predicted molar refractivity (Wildman–Crippen MR) is 196 cm³/mol. The van der Waals surface area contributed by atoms with Gasteiger partial charge in [-0.15, -0.1) is 23.2 Å². The lowest BCUT2D eigenvalue weighted by Gasteiger charge is -2.29. The SMILES string of the molecule is Cc1cc(NC(=O)[C@H]2[C@H](c3cc(Cl)c(Cl)c(Cl)c3)C2(Cl)Cl)cc(C(=O)Nc2ccc(F)c(N(C(=O)OC(C)(C)C)C(=O)OC(C)(C)C)c2F)c1Cl. The van der Waals surface area contributed by atoms with Gasteiger partial charge in [0, 0.05) is 11.6 Å². The van der Waals surface area contributed by atoms with Gasteiger partial charge in [-0.2, -0.15) is 4.90 Å². The number of aryl methyl sites for hydroxylation is 1. The molecule has 4 amide bonds. The number of amides is 4. The van der Waals surface area contributed by atoms with E-state index in [1.54, 1.807) is 6.92 Å². The summed E-state index contributed by atoms with van der Waals surface area (Å²) in [5.41, 5.74) is -3.43. The van der Waals surface area contributed by atoms with Crippen molar-refractivity contribution in [1.29, 1.82) is 0 Å². The Bertz CT molecular complexity index is 1900. The normalized spacial score (nSPS) is 16.6. The van der Waals surface area contributed by atoms with Crippen molar-refractivity contribution in [2.75, 3.05) is 15.5 Å². The Hall–Kier alpha value is -3.06. The maximum absolute atomic E-state index is 16.0. The van der Waals surface area contributed by atoms with Crippen molar-refractivity contribution in [3.63, 3.8) is 0 Å². The first-order valence-corrected chi connectivity index (χ1v) is 17.3. The highest BCUT2D eigenvalue weighted by atomic mass is 35.5. The number of ether oxygens (including phenoxy) is 2. The van der Waals surface area contributed by atoms with Crippen molar-refractivity contribution in [3.05, 3.63) is 84.8 Å². The molecule has 1 saturated carbocycles. The van der Waals surface area contributed by atoms with Crippen LogP contribution in [0.15, 0.2) is 36.4 Å². The average Bonchev–Trinajstić information content (AvgIpc) is 3.56. The van der Waals surface area contributed by atoms with Crippen molar-refractivity contribution in [1.82, 2.24) is 0 Å². The third-order valence-electron chi connectivity index (χ3n) is 7.16. The van der Waals surface area contributed by atoms with Gasteiger partial charge in [0.05, 0.1) is 37.3 Å². The van der Waals surface area contributed by atoms with E-state index in [9.17, 15) is 19.2 Å². The topological polar surface area (TPSA) is 114 Å². The van der Waals surface area contributed by atoms with Gasteiger partial charge in [0.2, 0.25) is 5.91 Å². The molecule has 4 rings (SSSR count). The van der Waals surface area contributed by atoms with Gasteiger partial charge in [-0.3, -0.25) is 9.59 Å². The number of rotatable bonds is 6. The standard InChI is InChI=1S/C34H31Cl6F2N3O6/c1-14-10-16(43-29(47)23-22(34(23,39)40)15-11-18(35)25(38)19(36)12-15)13-17(24(14)37)28(46)44-21-9-8-20(41)27(26(21)42)45(30(48)50-32(2,3)4)31(49)51-33(5,6)7/h8-13,22-23H,1-7H3,(H,43,47)(H,44,46)/t22-,23+/m0/s1. The average molecular weight is 828 g/mol. The van der Waals surface area contributed by atoms with E-state index >= 15 is 8.78 Å². The van der Waals surface area contributed by atoms with Gasteiger partial charge < -0.3 is 20.1 Å². The molecular weight excluding hydrogens is 797 g/mol. The van der Waals surface area contributed by atoms with Gasteiger partial charge >= 0.3 is 12.2 Å². The molecule has 0 bridgehead atoms. The predicted octanol–water partition coefficient (Wildman–Crippen LogP) is 11.3. The summed E-state index contributed by atoms with van der Waals surface area (Å²) in [5, 5.41) is 5.29. The van der Waals surface area contributed by atoms with E-state index in [4.69, 9.17) is 79.1 Å². The molecule has 0 unspecified atom stereocenters. The van der Waals surface area contributed by atoms with Gasteiger partial charge in [-0.25, -0.2) is 18.4 Å². The van der Waals surface area contributed by atoms with Crippen LogP contribution in [-0.4, -0.2) is 39.5 Å². The van der Waals surface area contributed by atoms with E-state index in [-0.39, 0.29) is 36.2 Å². The van der Waals surface area contributed by atoms with E-state index in [0.717, 1.165) is 12.1 Å². The summed E-state index contributed by atoms with van der Waals surface area (Å²) in [6, 6.07) is 7.31. The number of hydrogen-bond donors (Lipinski definition) is 2. The monoisotopic (exact) mass is 825 g/mol. The van der Waals surface area contributed by atoms with E-state index in [1.165, 1.54) is 65.8 Å². The summed E-state index contributed by atoms with van der Waals surface area (Å²) in [7, 11) is 0. The van der Waals surface area contributed by atoms with Gasteiger partial charge in [0.1, 0.15) is 21.2 Å². The number of benzene rings is 3. The molecular formula is C34H31Cl6F2N3O6. The highest BCUT2D eigenvalue weighted by Gasteiger charge is 2.67. The first-order valence-electron chi connectivity index (χ1n) is 15.0. The molecule has 0 heterocycles. The summed E-state index contributed by atoms with van der Waals surface area (Å²) in [5.74, 6) is -6.11. The Balaban J connectivity index is 1.64. The summed E-state index contributed by atoms with van der Waals surface area (Å²) >= 11 is 37.8. The van der Waals surface area contributed by atoms with Crippen LogP contribution in [0.3, 0.4) is 0 Å². The quantitative estimate of drug-likeness (QED) is 0.189. The molecule has 1 fully saturated rings. The third-order valence-corrected chi connectivity index (χ3v) is 9.80. The highest BCUT2D eigenvalue weighted by Crippen LogP contribution is 2.65. The third kappa shape index (κ3) is 9.12. The molecule has 2 N–H and O–H groups in total. The van der Waals surface area contributed by atoms with E-state index in [0.29, 0.717) is 11.1 Å². The van der Waals surface area contributed by atoms with Crippen LogP contribution in [-0.2, 0) is 14.3 Å². The van der Waals surface area contributed by atoms with Crippen molar-refractivity contribution in [2.24, 2.45) is 5.92 Å². The first kappa shape index (κ1) is 40.7. The highest BCUT2D eigenvalue weighted by molar-refractivity contribution is 6.54. The molecule has 1 aliphatic carbocycles. The number of imide groups is 1. The fraction of sp³-hybridized carbons (Fsp3) is 0.353. The lowest BCUT2D eigenvalue weighted by atomic mass is 10.1. The Morgan fingerprint density at radius 1 is 0.804 bits per heavy atom. The van der Waals surface area contributed by atoms with Crippen molar-refractivity contribution < 1.29 is 37.4 Å². The number of nitrogens with one attached hydrogen (secondary N) is 2. The molecule has 3 aromatic rings. The van der Waals surface area contributed by atoms with Crippen LogP contribution >= 0.6 is 69.6 Å². The fourth-order valence-corrected chi connectivity index (χ4v) is 6.59. The molecule has 0 spiro atoms. The second-order valence-corrected chi connectivity index (χ2v) is 16.6. The van der Waals surface area contributed by atoms with Gasteiger partial charge in [0.25, 0.3) is 5.91 Å². The lowest BCUT2D eigenvalue weighted by molar-refractivity contribution is -0.117. The minimum absolute atomic E-state index is 0.0591. The molecule has 3 aromatic carbocycles. The van der Waals surface area contributed by atoms with Crippen molar-refractivity contribution in [3.8, 4) is 0 Å². The smallest absolute Gasteiger partial charge is 0.424 e. The van der Waals surface area contributed by atoms with Gasteiger partial charge in [-0.05, 0) is 96.0 Å². The van der Waals surface area contributed by atoms with E-state index < -0.39 is 74.4 Å². The number of nitrogens with zero attached hydrogens (tertiary/aromatic N) is 1. The molecule has 17 heteroatoms. The Morgan fingerprint density at radius 3 is 1.84 bits per heavy atom. The minimum atomic E-state index is -1.53. The number of hydrogen-bond acceptors (Lipinski definition) is 6. The van der Waals surface area contributed by atoms with Gasteiger partial charge in [-0.1, -0.05) is 46.4 Å². The molecule has 1 aliphatic rings. The summed E-state index contributed by atoms with van der Waals surface area (Å²) < 4.78 is 40.2. The van der Waals surface area contributed by atoms with E-state index in [1.807, 2.05) is 0 Å². The fourth-order valence-electron chi connectivity index (χ4n) is 4.95. The zero-order valence-corrected chi connectivity index (χ0v) is 32.6. The lowest BCUT2D eigenvalue weighted by Crippen LogP contribution is -2.44. The van der Waals surface area contributed by atoms with Crippen molar-refractivity contribution in [2.45, 2.75) is 69.9 Å². The van der Waals surface area contributed by atoms with Crippen LogP contribution in [0.4, 0.5) is 35.4 Å². The number of carbonyl (C=O) groups excluding carboxylic acids is 4. The Kier molecular flexibility index (Phi) is 11.8. The maximum atomic E-state index is 16.0. The van der Waals surface area contributed by atoms with Crippen LogP contribution in [0, 0.1) is 24.5 Å². The van der Waals surface area contributed by atoms with E-state index in [2.05, 4.69) is 10.6 Å². The van der Waals surface area contributed by atoms with Crippen LogP contribution in [0.1, 0.15) is 68.9 Å². The second-order valence-electron chi connectivity index (χ2n) is 13.6. The van der Waals surface area contributed by atoms with Crippen LogP contribution in [0.5, 0.6) is 0 Å². The number of alkyl halides is 2. The largest absolute Gasteiger partial charge is 0.443 e. The summed E-state index contributed by atoms with van der Waals surface area (Å²) in [6.07, 6.45) is -2.86. The molecule has 0 saturated heterocycles. The Labute approximate surface area is 322 Å². The van der Waals surface area contributed by atoms with Crippen LogP contribution < -0.4 is 15.5 Å². The van der Waals surface area contributed by atoms with Crippen LogP contribution in [0.2, 0.25) is 20.1 Å². The molecule has 51 heavy (non-hydrogen) atoms. The van der Waals surface area contributed by atoms with Gasteiger partial charge in [0.15, 0.2) is 11.6 Å². The molecule has 0 aliphatic heterocycles. The first-order chi connectivity index (χ1) is 23.3. The summed E-state index contributed by atoms with van der Waals surface area (Å²) in [6.45, 7) is 10.5. The number of carbonyl (C=O) groups is 4. The minimum Gasteiger partial charge on any atom is -0.443 e. The molecule has 274 valence electrons. The number of anilines is 3. The molecule has 0 radical (unpaired) electrons. The Morgan fingerprint density at radius 2 is 1.33 bits per heavy atom. The molecule has 2 atom stereocenters. The zero-order valence-electron chi connectivity index (χ0n) is 28.0. The number of halogens is 8. The summed E-state index contributed by atoms with van der Waals surface area (Å²) in [4.78, 5) is 53.1. The second kappa shape index (κ2) is 14.8. The maximum Gasteiger partial charge on any atom is 0.424 e. The molecule has 0 aromatic heterocycles. The van der Waals surface area contributed by atoms with Crippen LogP contribution in [0.25, 0.3) is 0 Å². The van der Waals surface area contributed by atoms with Crippen molar-refractivity contribution >= 4 is 111 Å². The molecule has 9 nitrogen and oxygen atoms in total. The zero-order chi connectivity index (χ0) is 38.5.